The summed E-state index contributed by atoms with van der Waals surface area (Å²) < 4.78 is 5.89. The number of hydrogen-bond donors (Lipinski definition) is 3. The number of hydrazone groups is 1. The molecule has 3 aromatic rings. The van der Waals surface area contributed by atoms with Crippen molar-refractivity contribution in [2.45, 2.75) is 38.5 Å². The molecule has 0 bridgehead atoms. The van der Waals surface area contributed by atoms with Gasteiger partial charge < -0.3 is 21.0 Å². The first kappa shape index (κ1) is 27.8. The second kappa shape index (κ2) is 11.7. The highest BCUT2D eigenvalue weighted by Gasteiger charge is 2.53. The highest BCUT2D eigenvalue weighted by molar-refractivity contribution is 6.08. The maximum absolute atomic E-state index is 13.8. The number of nitrogens with two attached hydrogens (primary N) is 1. The van der Waals surface area contributed by atoms with Crippen molar-refractivity contribution < 1.29 is 29.0 Å². The van der Waals surface area contributed by atoms with Crippen molar-refractivity contribution in [2.24, 2.45) is 10.9 Å². The lowest BCUT2D eigenvalue weighted by Crippen LogP contribution is -2.52. The van der Waals surface area contributed by atoms with Crippen molar-refractivity contribution in [3.8, 4) is 5.75 Å². The zero-order chi connectivity index (χ0) is 28.9. The van der Waals surface area contributed by atoms with Crippen molar-refractivity contribution in [1.82, 2.24) is 15.3 Å². The Morgan fingerprint density at radius 3 is 2.42 bits per heavy atom. The van der Waals surface area contributed by atoms with E-state index in [4.69, 9.17) is 10.6 Å². The lowest BCUT2D eigenvalue weighted by Gasteiger charge is -2.35. The standard InChI is InChI=1S/C29H29N5O6/c1-19(35)33(34-27(38)29(2,32-28(34)39)23-13-11-20(12-14-23)17-31-30)25(16-26(36)37)22-9-6-10-24(15-22)40-18-21-7-4-3-5-8-21/h3-15,17,25H,16,18,30H2,1-2H3,(H,32,39)(H,36,37)/t25-,29-/m1/s1. The SMILES string of the molecule is CC(=O)N([C@H](CC(=O)O)c1cccc(OCc2ccccc2)c1)N1C(=O)N[C@](C)(c2ccc(C=NN)cc2)C1=O. The van der Waals surface area contributed by atoms with Crippen molar-refractivity contribution in [3.05, 3.63) is 101 Å². The minimum absolute atomic E-state index is 0.269. The minimum Gasteiger partial charge on any atom is -0.489 e. The third-order valence-corrected chi connectivity index (χ3v) is 6.57. The molecule has 206 valence electrons. The fraction of sp³-hybridized carbons (Fsp3) is 0.207. The lowest BCUT2D eigenvalue weighted by atomic mass is 9.91. The number of nitrogens with zero attached hydrogens (tertiary/aromatic N) is 3. The van der Waals surface area contributed by atoms with Gasteiger partial charge in [0.05, 0.1) is 18.7 Å². The van der Waals surface area contributed by atoms with Gasteiger partial charge in [0.25, 0.3) is 5.91 Å². The number of amides is 4. The van der Waals surface area contributed by atoms with E-state index in [2.05, 4.69) is 10.4 Å². The van der Waals surface area contributed by atoms with E-state index in [1.165, 1.54) is 20.1 Å². The Morgan fingerprint density at radius 1 is 1.10 bits per heavy atom. The van der Waals surface area contributed by atoms with Gasteiger partial charge in [0, 0.05) is 6.92 Å². The summed E-state index contributed by atoms with van der Waals surface area (Å²) in [5, 5.41) is 17.4. The fourth-order valence-corrected chi connectivity index (χ4v) is 4.57. The Balaban J connectivity index is 1.67. The largest absolute Gasteiger partial charge is 0.489 e. The van der Waals surface area contributed by atoms with Gasteiger partial charge in [0.15, 0.2) is 0 Å². The number of rotatable bonds is 10. The summed E-state index contributed by atoms with van der Waals surface area (Å²) in [6, 6.07) is 20.6. The number of carboxylic acids is 1. The van der Waals surface area contributed by atoms with Gasteiger partial charge >= 0.3 is 12.0 Å². The van der Waals surface area contributed by atoms with E-state index >= 15 is 0 Å². The van der Waals surface area contributed by atoms with E-state index in [9.17, 15) is 24.3 Å². The number of ether oxygens (including phenoxy) is 1. The molecule has 2 atom stereocenters. The van der Waals surface area contributed by atoms with Gasteiger partial charge in [0.1, 0.15) is 17.9 Å². The number of hydrogen-bond acceptors (Lipinski definition) is 7. The van der Waals surface area contributed by atoms with Crippen LogP contribution in [0.25, 0.3) is 0 Å². The molecule has 11 heteroatoms. The molecule has 1 aliphatic rings. The topological polar surface area (TPSA) is 155 Å². The number of urea groups is 1. The predicted molar refractivity (Wildman–Crippen MR) is 146 cm³/mol. The first-order chi connectivity index (χ1) is 19.1. The fourth-order valence-electron chi connectivity index (χ4n) is 4.57. The van der Waals surface area contributed by atoms with E-state index in [0.29, 0.717) is 27.4 Å². The van der Waals surface area contributed by atoms with Gasteiger partial charge in [-0.15, -0.1) is 0 Å². The van der Waals surface area contributed by atoms with E-state index in [1.807, 2.05) is 30.3 Å². The van der Waals surface area contributed by atoms with Gasteiger partial charge in [-0.05, 0) is 41.3 Å². The van der Waals surface area contributed by atoms with Crippen LogP contribution in [0, 0.1) is 0 Å². The number of aliphatic carboxylic acids is 1. The molecule has 0 radical (unpaired) electrons. The third-order valence-electron chi connectivity index (χ3n) is 6.57. The summed E-state index contributed by atoms with van der Waals surface area (Å²) in [6.45, 7) is 2.95. The molecule has 1 fully saturated rings. The van der Waals surface area contributed by atoms with Gasteiger partial charge in [-0.25, -0.2) is 9.80 Å². The van der Waals surface area contributed by atoms with E-state index in [0.717, 1.165) is 10.6 Å². The number of carbonyl (C=O) groups is 4. The molecule has 0 aromatic heterocycles. The Hall–Kier alpha value is -5.19. The maximum Gasteiger partial charge on any atom is 0.344 e. The number of benzene rings is 3. The lowest BCUT2D eigenvalue weighted by molar-refractivity contribution is -0.162. The average Bonchev–Trinajstić information content (AvgIpc) is 3.16. The molecule has 11 nitrogen and oxygen atoms in total. The number of carboxylic acid groups (broad SMARTS) is 1. The van der Waals surface area contributed by atoms with Gasteiger partial charge in [-0.3, -0.25) is 14.4 Å². The average molecular weight is 544 g/mol. The molecule has 40 heavy (non-hydrogen) atoms. The van der Waals surface area contributed by atoms with Crippen LogP contribution in [0.4, 0.5) is 4.79 Å². The number of nitrogens with one attached hydrogen (secondary N) is 1. The second-order valence-electron chi connectivity index (χ2n) is 9.40. The van der Waals surface area contributed by atoms with Crippen LogP contribution in [-0.4, -0.2) is 45.2 Å². The molecule has 1 heterocycles. The van der Waals surface area contributed by atoms with Crippen LogP contribution < -0.4 is 15.9 Å². The van der Waals surface area contributed by atoms with Crippen LogP contribution in [-0.2, 0) is 26.5 Å². The quantitative estimate of drug-likeness (QED) is 0.153. The zero-order valence-electron chi connectivity index (χ0n) is 22.0. The first-order valence-corrected chi connectivity index (χ1v) is 12.4. The number of carbonyl (C=O) groups excluding carboxylic acids is 3. The molecule has 0 unspecified atom stereocenters. The highest BCUT2D eigenvalue weighted by atomic mass is 16.5. The minimum atomic E-state index is -1.52. The Labute approximate surface area is 230 Å². The first-order valence-electron chi connectivity index (χ1n) is 12.4. The summed E-state index contributed by atoms with van der Waals surface area (Å²) in [4.78, 5) is 51.9. The normalized spacial score (nSPS) is 17.5. The van der Waals surface area contributed by atoms with Crippen LogP contribution in [0.5, 0.6) is 5.75 Å². The summed E-state index contributed by atoms with van der Waals surface area (Å²) in [7, 11) is 0. The molecule has 0 spiro atoms. The highest BCUT2D eigenvalue weighted by Crippen LogP contribution is 2.35. The van der Waals surface area contributed by atoms with Crippen molar-refractivity contribution in [3.63, 3.8) is 0 Å². The smallest absolute Gasteiger partial charge is 0.344 e. The van der Waals surface area contributed by atoms with Gasteiger partial charge in [0.2, 0.25) is 5.91 Å². The van der Waals surface area contributed by atoms with E-state index < -0.39 is 41.8 Å². The third kappa shape index (κ3) is 5.78. The Morgan fingerprint density at radius 2 is 1.80 bits per heavy atom. The molecule has 0 saturated carbocycles. The molecule has 4 rings (SSSR count). The summed E-state index contributed by atoms with van der Waals surface area (Å²) in [6.07, 6.45) is 0.863. The molecular weight excluding hydrogens is 514 g/mol. The van der Waals surface area contributed by atoms with Crippen LogP contribution in [0.3, 0.4) is 0 Å². The van der Waals surface area contributed by atoms with Gasteiger partial charge in [-0.1, -0.05) is 66.7 Å². The molecule has 4 N–H and O–H groups in total. The molecule has 4 amide bonds. The van der Waals surface area contributed by atoms with Crippen molar-refractivity contribution >= 4 is 30.0 Å². The monoisotopic (exact) mass is 543 g/mol. The van der Waals surface area contributed by atoms with E-state index in [1.54, 1.807) is 48.5 Å². The summed E-state index contributed by atoms with van der Waals surface area (Å²) in [5.41, 5.74) is 0.935. The Kier molecular flexibility index (Phi) is 8.13. The maximum atomic E-state index is 13.8. The van der Waals surface area contributed by atoms with Crippen LogP contribution in [0.2, 0.25) is 0 Å². The summed E-state index contributed by atoms with van der Waals surface area (Å²) in [5.74, 6) is 2.98. The molecular formula is C29H29N5O6. The van der Waals surface area contributed by atoms with Crippen LogP contribution >= 0.6 is 0 Å². The zero-order valence-corrected chi connectivity index (χ0v) is 22.0. The van der Waals surface area contributed by atoms with Crippen molar-refractivity contribution in [1.29, 1.82) is 0 Å². The molecule has 1 saturated heterocycles. The number of hydrazine groups is 1. The molecule has 0 aliphatic carbocycles. The molecule has 3 aromatic carbocycles. The molecule has 1 aliphatic heterocycles. The van der Waals surface area contributed by atoms with Crippen molar-refractivity contribution in [2.75, 3.05) is 0 Å². The van der Waals surface area contributed by atoms with Crippen LogP contribution in [0.1, 0.15) is 48.6 Å². The van der Waals surface area contributed by atoms with Crippen LogP contribution in [0.15, 0.2) is 84.0 Å². The second-order valence-corrected chi connectivity index (χ2v) is 9.40. The van der Waals surface area contributed by atoms with Gasteiger partial charge in [-0.2, -0.15) is 10.1 Å². The predicted octanol–water partition coefficient (Wildman–Crippen LogP) is 3.30. The Bertz CT molecular complexity index is 1440. The van der Waals surface area contributed by atoms with E-state index in [-0.39, 0.29) is 6.61 Å². The summed E-state index contributed by atoms with van der Waals surface area (Å²) >= 11 is 0. The number of imide groups is 1.